The number of aromatic amines is 1. The lowest BCUT2D eigenvalue weighted by molar-refractivity contribution is 0.115. The predicted octanol–water partition coefficient (Wildman–Crippen LogP) is 2.61. The van der Waals surface area contributed by atoms with Crippen LogP contribution in [0.25, 0.3) is 22.2 Å². The first-order valence-electron chi connectivity index (χ1n) is 10.5. The van der Waals surface area contributed by atoms with Gasteiger partial charge in [-0.05, 0) is 56.5 Å². The summed E-state index contributed by atoms with van der Waals surface area (Å²) >= 11 is 0. The number of aryl methyl sites for hydroxylation is 2. The number of nitrogens with zero attached hydrogens (tertiary/aromatic N) is 3. The van der Waals surface area contributed by atoms with Crippen molar-refractivity contribution in [2.24, 2.45) is 11.6 Å². The minimum Gasteiger partial charge on any atom is -0.398 e. The zero-order valence-electron chi connectivity index (χ0n) is 17.9. The van der Waals surface area contributed by atoms with Gasteiger partial charge in [-0.1, -0.05) is 11.2 Å². The average molecular weight is 432 g/mol. The highest BCUT2D eigenvalue weighted by Crippen LogP contribution is 2.43. The largest absolute Gasteiger partial charge is 0.398 e. The second-order valence-corrected chi connectivity index (χ2v) is 8.21. The van der Waals surface area contributed by atoms with Crippen LogP contribution in [-0.2, 0) is 5.60 Å². The minimum atomic E-state index is -1.78. The van der Waals surface area contributed by atoms with Gasteiger partial charge in [0.1, 0.15) is 11.6 Å². The van der Waals surface area contributed by atoms with Crippen molar-refractivity contribution in [2.45, 2.75) is 38.2 Å². The molecule has 1 atom stereocenters. The molecule has 1 saturated carbocycles. The van der Waals surface area contributed by atoms with Gasteiger partial charge in [0.15, 0.2) is 5.60 Å². The minimum absolute atomic E-state index is 0.0897. The van der Waals surface area contributed by atoms with Gasteiger partial charge in [-0.3, -0.25) is 10.8 Å². The van der Waals surface area contributed by atoms with Crippen molar-refractivity contribution in [3.05, 3.63) is 77.0 Å². The maximum atomic E-state index is 12.1. The van der Waals surface area contributed by atoms with E-state index >= 15 is 0 Å². The van der Waals surface area contributed by atoms with Gasteiger partial charge in [-0.2, -0.15) is 0 Å². The molecule has 0 amide bonds. The van der Waals surface area contributed by atoms with E-state index in [-0.39, 0.29) is 5.70 Å². The van der Waals surface area contributed by atoms with Crippen molar-refractivity contribution in [1.82, 2.24) is 25.5 Å². The summed E-state index contributed by atoms with van der Waals surface area (Å²) in [6, 6.07) is 9.18. The number of pyridine rings is 1. The molecule has 0 radical (unpaired) electrons. The molecule has 9 heteroatoms. The van der Waals surface area contributed by atoms with E-state index in [1.54, 1.807) is 24.4 Å². The number of nitrogens with one attached hydrogen (secondary N) is 2. The number of benzene rings is 1. The van der Waals surface area contributed by atoms with Crippen LogP contribution in [0.1, 0.15) is 47.3 Å². The molecule has 164 valence electrons. The van der Waals surface area contributed by atoms with Gasteiger partial charge in [-0.15, -0.1) is 0 Å². The second kappa shape index (κ2) is 7.47. The fourth-order valence-corrected chi connectivity index (χ4v) is 4.21. The quantitative estimate of drug-likeness (QED) is 0.231. The summed E-state index contributed by atoms with van der Waals surface area (Å²) in [5.74, 6) is 7.50. The SMILES string of the molecule is Cc1noc(C)c1-c1cc(C(O)(/C(N)=C/NN)c2ccccn2)c2nc(C3CC3)[nH]c2c1. The van der Waals surface area contributed by atoms with Gasteiger partial charge in [0.2, 0.25) is 0 Å². The highest BCUT2D eigenvalue weighted by atomic mass is 16.5. The summed E-state index contributed by atoms with van der Waals surface area (Å²) in [6.45, 7) is 3.75. The highest BCUT2D eigenvalue weighted by Gasteiger charge is 2.40. The maximum absolute atomic E-state index is 12.1. The summed E-state index contributed by atoms with van der Waals surface area (Å²) in [4.78, 5) is 12.7. The number of nitrogens with two attached hydrogens (primary N) is 2. The van der Waals surface area contributed by atoms with E-state index < -0.39 is 5.60 Å². The van der Waals surface area contributed by atoms with Gasteiger partial charge in [0, 0.05) is 29.4 Å². The molecule has 4 aromatic rings. The van der Waals surface area contributed by atoms with Crippen LogP contribution in [0.4, 0.5) is 0 Å². The lowest BCUT2D eigenvalue weighted by Crippen LogP contribution is -2.37. The van der Waals surface area contributed by atoms with Crippen molar-refractivity contribution in [3.8, 4) is 11.1 Å². The monoisotopic (exact) mass is 431 g/mol. The standard InChI is InChI=1S/C23H25N7O2/c1-12-20(13(2)32-30-12)15-9-16(21-17(10-15)28-22(29-21)14-6-7-14)23(31,18(24)11-27-25)19-5-3-4-8-26-19/h3-5,8-11,14,27,31H,6-7,24-25H2,1-2H3,(H,28,29)/b18-11-. The third-order valence-corrected chi connectivity index (χ3v) is 5.97. The van der Waals surface area contributed by atoms with Crippen LogP contribution in [0.2, 0.25) is 0 Å². The molecule has 3 aromatic heterocycles. The first kappa shape index (κ1) is 20.2. The Morgan fingerprint density at radius 2 is 2.12 bits per heavy atom. The van der Waals surface area contributed by atoms with Crippen LogP contribution >= 0.6 is 0 Å². The van der Waals surface area contributed by atoms with E-state index in [9.17, 15) is 5.11 Å². The third kappa shape index (κ3) is 3.14. The van der Waals surface area contributed by atoms with Crippen molar-refractivity contribution < 1.29 is 9.63 Å². The van der Waals surface area contributed by atoms with E-state index in [4.69, 9.17) is 21.1 Å². The molecule has 1 fully saturated rings. The van der Waals surface area contributed by atoms with Gasteiger partial charge in [0.25, 0.3) is 0 Å². The van der Waals surface area contributed by atoms with Crippen molar-refractivity contribution in [1.29, 1.82) is 0 Å². The molecule has 32 heavy (non-hydrogen) atoms. The Bertz CT molecular complexity index is 1300. The summed E-state index contributed by atoms with van der Waals surface area (Å²) in [5.41, 5.74) is 11.8. The third-order valence-electron chi connectivity index (χ3n) is 5.97. The number of imidazole rings is 1. The molecule has 0 spiro atoms. The Morgan fingerprint density at radius 3 is 2.75 bits per heavy atom. The number of hydrogen-bond donors (Lipinski definition) is 5. The zero-order chi connectivity index (χ0) is 22.5. The number of aliphatic hydroxyl groups is 1. The van der Waals surface area contributed by atoms with E-state index in [0.717, 1.165) is 41.0 Å². The van der Waals surface area contributed by atoms with Crippen LogP contribution in [-0.4, -0.2) is 25.2 Å². The van der Waals surface area contributed by atoms with E-state index in [1.807, 2.05) is 26.0 Å². The van der Waals surface area contributed by atoms with E-state index in [2.05, 4.69) is 20.6 Å². The van der Waals surface area contributed by atoms with E-state index in [0.29, 0.717) is 28.5 Å². The Kier molecular flexibility index (Phi) is 4.72. The number of H-pyrrole nitrogens is 1. The van der Waals surface area contributed by atoms with Crippen LogP contribution in [0.3, 0.4) is 0 Å². The molecule has 0 aliphatic heterocycles. The Morgan fingerprint density at radius 1 is 1.31 bits per heavy atom. The molecule has 1 aromatic carbocycles. The number of aromatic nitrogens is 4. The molecule has 1 aliphatic rings. The fraction of sp³-hybridized carbons (Fsp3) is 0.261. The van der Waals surface area contributed by atoms with E-state index in [1.165, 1.54) is 6.20 Å². The van der Waals surface area contributed by atoms with Gasteiger partial charge >= 0.3 is 0 Å². The molecule has 0 bridgehead atoms. The Balaban J connectivity index is 1.85. The second-order valence-electron chi connectivity index (χ2n) is 8.21. The van der Waals surface area contributed by atoms with Gasteiger partial charge in [-0.25, -0.2) is 4.98 Å². The summed E-state index contributed by atoms with van der Waals surface area (Å²) < 4.78 is 5.40. The molecule has 0 saturated heterocycles. The lowest BCUT2D eigenvalue weighted by atomic mass is 9.84. The van der Waals surface area contributed by atoms with Crippen LogP contribution < -0.4 is 17.0 Å². The molecule has 7 N–H and O–H groups in total. The molecule has 1 unspecified atom stereocenters. The first-order valence-corrected chi connectivity index (χ1v) is 10.5. The molecule has 5 rings (SSSR count). The summed E-state index contributed by atoms with van der Waals surface area (Å²) in [6.07, 6.45) is 5.15. The number of hydrazine groups is 1. The Labute approximate surface area is 184 Å². The topological polar surface area (TPSA) is 152 Å². The van der Waals surface area contributed by atoms with Crippen molar-refractivity contribution >= 4 is 11.0 Å². The summed E-state index contributed by atoms with van der Waals surface area (Å²) in [7, 11) is 0. The van der Waals surface area contributed by atoms with Crippen LogP contribution in [0.15, 0.2) is 52.9 Å². The first-order chi connectivity index (χ1) is 15.4. The maximum Gasteiger partial charge on any atom is 0.175 e. The fourth-order valence-electron chi connectivity index (χ4n) is 4.21. The normalized spacial score (nSPS) is 16.3. The van der Waals surface area contributed by atoms with Crippen LogP contribution in [0, 0.1) is 13.8 Å². The number of hydrogen-bond acceptors (Lipinski definition) is 8. The lowest BCUT2D eigenvalue weighted by Gasteiger charge is -2.29. The molecule has 1 aliphatic carbocycles. The van der Waals surface area contributed by atoms with Crippen molar-refractivity contribution in [3.63, 3.8) is 0 Å². The van der Waals surface area contributed by atoms with Crippen LogP contribution in [0.5, 0.6) is 0 Å². The highest BCUT2D eigenvalue weighted by molar-refractivity contribution is 5.88. The average Bonchev–Trinajstić information content (AvgIpc) is 3.47. The summed E-state index contributed by atoms with van der Waals surface area (Å²) in [5, 5.41) is 16.2. The molecule has 3 heterocycles. The smallest absolute Gasteiger partial charge is 0.175 e. The predicted molar refractivity (Wildman–Crippen MR) is 120 cm³/mol. The molecular weight excluding hydrogens is 406 g/mol. The van der Waals surface area contributed by atoms with Gasteiger partial charge in [0.05, 0.1) is 28.1 Å². The Hall–Kier alpha value is -3.69. The van der Waals surface area contributed by atoms with Crippen molar-refractivity contribution in [2.75, 3.05) is 0 Å². The van der Waals surface area contributed by atoms with Gasteiger partial charge < -0.3 is 25.8 Å². The molecular formula is C23H25N7O2. The number of rotatable bonds is 6. The molecule has 9 nitrogen and oxygen atoms in total. The number of fused-ring (bicyclic) bond motifs is 1. The zero-order valence-corrected chi connectivity index (χ0v) is 17.9.